The zero-order valence-electron chi connectivity index (χ0n) is 14.4. The lowest BCUT2D eigenvalue weighted by Crippen LogP contribution is -2.49. The lowest BCUT2D eigenvalue weighted by molar-refractivity contribution is -0.117. The number of rotatable bonds is 4. The summed E-state index contributed by atoms with van der Waals surface area (Å²) in [6.07, 6.45) is 3.49. The highest BCUT2D eigenvalue weighted by molar-refractivity contribution is 5.92. The van der Waals surface area contributed by atoms with Crippen molar-refractivity contribution in [3.63, 3.8) is 0 Å². The van der Waals surface area contributed by atoms with Crippen molar-refractivity contribution in [2.24, 2.45) is 0 Å². The normalized spacial score (nSPS) is 17.0. The summed E-state index contributed by atoms with van der Waals surface area (Å²) in [5.74, 6) is 2.10. The van der Waals surface area contributed by atoms with Gasteiger partial charge >= 0.3 is 0 Å². The van der Waals surface area contributed by atoms with E-state index >= 15 is 0 Å². The van der Waals surface area contributed by atoms with Crippen LogP contribution in [0.4, 0.5) is 11.6 Å². The lowest BCUT2D eigenvalue weighted by Gasteiger charge is -2.34. The van der Waals surface area contributed by atoms with Crippen LogP contribution in [0.2, 0.25) is 0 Å². The monoisotopic (exact) mass is 355 g/mol. The van der Waals surface area contributed by atoms with Gasteiger partial charge in [-0.25, -0.2) is 9.97 Å². The molecule has 1 saturated heterocycles. The highest BCUT2D eigenvalue weighted by Crippen LogP contribution is 2.32. The van der Waals surface area contributed by atoms with E-state index in [2.05, 4.69) is 25.1 Å². The van der Waals surface area contributed by atoms with Gasteiger partial charge in [0.1, 0.15) is 13.2 Å². The molecule has 4 rings (SSSR count). The number of ether oxygens (including phenoxy) is 2. The Hall–Kier alpha value is -2.87. The maximum atomic E-state index is 12.3. The number of benzene rings is 1. The van der Waals surface area contributed by atoms with Crippen LogP contribution in [0, 0.1) is 0 Å². The Morgan fingerprint density at radius 1 is 1.04 bits per heavy atom. The number of amides is 1. The van der Waals surface area contributed by atoms with Crippen LogP contribution >= 0.6 is 0 Å². The van der Waals surface area contributed by atoms with Crippen molar-refractivity contribution >= 4 is 17.5 Å². The van der Waals surface area contributed by atoms with Crippen LogP contribution in [0.1, 0.15) is 0 Å². The maximum Gasteiger partial charge on any atom is 0.238 e. The Labute approximate surface area is 151 Å². The highest BCUT2D eigenvalue weighted by Gasteiger charge is 2.21. The summed E-state index contributed by atoms with van der Waals surface area (Å²) in [5.41, 5.74) is 0.718. The lowest BCUT2D eigenvalue weighted by atomic mass is 10.2. The molecule has 8 heteroatoms. The minimum Gasteiger partial charge on any atom is -0.486 e. The standard InChI is InChI=1S/C18H21N5O3/c24-17(21-14-2-3-15-16(12-14)26-11-10-25-15)13-22-6-8-23(9-7-22)18-19-4-1-5-20-18/h1-5,12H,6-11,13H2,(H,21,24). The summed E-state index contributed by atoms with van der Waals surface area (Å²) < 4.78 is 11.0. The second-order valence-electron chi connectivity index (χ2n) is 6.22. The topological polar surface area (TPSA) is 79.8 Å². The quantitative estimate of drug-likeness (QED) is 0.877. The van der Waals surface area contributed by atoms with Crippen molar-refractivity contribution < 1.29 is 14.3 Å². The first kappa shape index (κ1) is 16.6. The number of fused-ring (bicyclic) bond motifs is 1. The number of nitrogens with one attached hydrogen (secondary N) is 1. The smallest absolute Gasteiger partial charge is 0.238 e. The van der Waals surface area contributed by atoms with E-state index in [1.807, 2.05) is 18.2 Å². The number of hydrogen-bond donors (Lipinski definition) is 1. The van der Waals surface area contributed by atoms with Gasteiger partial charge in [-0.05, 0) is 18.2 Å². The van der Waals surface area contributed by atoms with E-state index in [4.69, 9.17) is 9.47 Å². The zero-order valence-corrected chi connectivity index (χ0v) is 14.4. The van der Waals surface area contributed by atoms with Gasteiger partial charge in [0, 0.05) is 50.3 Å². The molecule has 136 valence electrons. The van der Waals surface area contributed by atoms with Gasteiger partial charge in [0.15, 0.2) is 11.5 Å². The van der Waals surface area contributed by atoms with Gasteiger partial charge in [0.05, 0.1) is 6.54 Å². The van der Waals surface area contributed by atoms with Crippen molar-refractivity contribution in [3.8, 4) is 11.5 Å². The summed E-state index contributed by atoms with van der Waals surface area (Å²) in [6.45, 7) is 4.65. The number of hydrogen-bond acceptors (Lipinski definition) is 7. The molecular weight excluding hydrogens is 334 g/mol. The first-order chi connectivity index (χ1) is 12.8. The van der Waals surface area contributed by atoms with Gasteiger partial charge in [-0.15, -0.1) is 0 Å². The van der Waals surface area contributed by atoms with Crippen LogP contribution in [0.15, 0.2) is 36.7 Å². The van der Waals surface area contributed by atoms with Crippen LogP contribution in [-0.4, -0.2) is 66.7 Å². The van der Waals surface area contributed by atoms with Crippen LogP contribution in [0.3, 0.4) is 0 Å². The molecule has 0 spiro atoms. The van der Waals surface area contributed by atoms with E-state index in [1.54, 1.807) is 18.5 Å². The third-order valence-corrected chi connectivity index (χ3v) is 4.40. The molecule has 0 bridgehead atoms. The fourth-order valence-electron chi connectivity index (χ4n) is 3.09. The molecule has 0 aliphatic carbocycles. The summed E-state index contributed by atoms with van der Waals surface area (Å²) in [5, 5.41) is 2.93. The third kappa shape index (κ3) is 3.85. The van der Waals surface area contributed by atoms with Crippen molar-refractivity contribution in [3.05, 3.63) is 36.7 Å². The van der Waals surface area contributed by atoms with Crippen molar-refractivity contribution in [1.29, 1.82) is 0 Å². The molecular formula is C18H21N5O3. The van der Waals surface area contributed by atoms with Crippen molar-refractivity contribution in [2.75, 3.05) is 56.2 Å². The molecule has 0 radical (unpaired) electrons. The molecule has 0 saturated carbocycles. The fourth-order valence-corrected chi connectivity index (χ4v) is 3.09. The second-order valence-corrected chi connectivity index (χ2v) is 6.22. The molecule has 0 atom stereocenters. The van der Waals surface area contributed by atoms with E-state index in [-0.39, 0.29) is 5.91 Å². The van der Waals surface area contributed by atoms with Crippen LogP contribution in [-0.2, 0) is 4.79 Å². The van der Waals surface area contributed by atoms with Crippen molar-refractivity contribution in [1.82, 2.24) is 14.9 Å². The van der Waals surface area contributed by atoms with Gasteiger partial charge in [-0.1, -0.05) is 0 Å². The predicted octanol–water partition coefficient (Wildman–Crippen LogP) is 1.01. The van der Waals surface area contributed by atoms with E-state index in [9.17, 15) is 4.79 Å². The first-order valence-corrected chi connectivity index (χ1v) is 8.72. The molecule has 8 nitrogen and oxygen atoms in total. The molecule has 0 unspecified atom stereocenters. The van der Waals surface area contributed by atoms with E-state index in [0.717, 1.165) is 37.8 Å². The molecule has 1 fully saturated rings. The Bertz CT molecular complexity index is 763. The molecule has 1 N–H and O–H groups in total. The average Bonchev–Trinajstić information content (AvgIpc) is 2.69. The van der Waals surface area contributed by atoms with Crippen LogP contribution in [0.5, 0.6) is 11.5 Å². The maximum absolute atomic E-state index is 12.3. The second kappa shape index (κ2) is 7.57. The SMILES string of the molecule is O=C(CN1CCN(c2ncccn2)CC1)Nc1ccc2c(c1)OCCO2. The van der Waals surface area contributed by atoms with E-state index in [0.29, 0.717) is 31.3 Å². The molecule has 1 amide bonds. The Kier molecular flexibility index (Phi) is 4.83. The molecule has 2 aliphatic rings. The summed E-state index contributed by atoms with van der Waals surface area (Å²) in [4.78, 5) is 25.2. The van der Waals surface area contributed by atoms with Crippen LogP contribution < -0.4 is 19.7 Å². The first-order valence-electron chi connectivity index (χ1n) is 8.72. The van der Waals surface area contributed by atoms with Gasteiger partial charge in [0.2, 0.25) is 11.9 Å². The predicted molar refractivity (Wildman–Crippen MR) is 96.7 cm³/mol. The van der Waals surface area contributed by atoms with Gasteiger partial charge in [0.25, 0.3) is 0 Å². The minimum absolute atomic E-state index is 0.0360. The molecule has 26 heavy (non-hydrogen) atoms. The molecule has 2 aromatic rings. The van der Waals surface area contributed by atoms with Crippen LogP contribution in [0.25, 0.3) is 0 Å². The summed E-state index contributed by atoms with van der Waals surface area (Å²) in [7, 11) is 0. The fraction of sp³-hybridized carbons (Fsp3) is 0.389. The summed E-state index contributed by atoms with van der Waals surface area (Å²) in [6, 6.07) is 7.26. The summed E-state index contributed by atoms with van der Waals surface area (Å²) >= 11 is 0. The average molecular weight is 355 g/mol. The Morgan fingerprint density at radius 3 is 2.54 bits per heavy atom. The largest absolute Gasteiger partial charge is 0.486 e. The number of anilines is 2. The van der Waals surface area contributed by atoms with E-state index in [1.165, 1.54) is 0 Å². The minimum atomic E-state index is -0.0360. The van der Waals surface area contributed by atoms with E-state index < -0.39 is 0 Å². The number of carbonyl (C=O) groups excluding carboxylic acids is 1. The number of piperazine rings is 1. The molecule has 1 aromatic heterocycles. The number of carbonyl (C=O) groups is 1. The zero-order chi connectivity index (χ0) is 17.8. The number of nitrogens with zero attached hydrogens (tertiary/aromatic N) is 4. The molecule has 3 heterocycles. The van der Waals surface area contributed by atoms with Gasteiger partial charge < -0.3 is 19.7 Å². The molecule has 2 aliphatic heterocycles. The van der Waals surface area contributed by atoms with Gasteiger partial charge in [-0.3, -0.25) is 9.69 Å². The van der Waals surface area contributed by atoms with Crippen molar-refractivity contribution in [2.45, 2.75) is 0 Å². The molecule has 1 aromatic carbocycles. The third-order valence-electron chi connectivity index (χ3n) is 4.40. The highest BCUT2D eigenvalue weighted by atomic mass is 16.6. The Balaban J connectivity index is 1.28. The number of aromatic nitrogens is 2. The van der Waals surface area contributed by atoms with Gasteiger partial charge in [-0.2, -0.15) is 0 Å². The Morgan fingerprint density at radius 2 is 1.77 bits per heavy atom.